The normalized spacial score (nSPS) is 38.2. The van der Waals surface area contributed by atoms with Gasteiger partial charge in [-0.1, -0.05) is 72.5 Å². The van der Waals surface area contributed by atoms with Gasteiger partial charge >= 0.3 is 0 Å². The molecular weight excluding hydrogens is 300 g/mol. The molecule has 25 heavy (non-hydrogen) atoms. The molecule has 0 spiro atoms. The first-order valence-electron chi connectivity index (χ1n) is 11.5. The summed E-state index contributed by atoms with van der Waals surface area (Å²) in [5, 5.41) is 0. The number of hydrogen-bond acceptors (Lipinski definition) is 0. The first-order valence-corrected chi connectivity index (χ1v) is 11.5. The second kappa shape index (κ2) is 9.09. The highest BCUT2D eigenvalue weighted by molar-refractivity contribution is 5.21. The van der Waals surface area contributed by atoms with Crippen LogP contribution in [0.15, 0.2) is 11.1 Å². The van der Waals surface area contributed by atoms with Crippen LogP contribution < -0.4 is 0 Å². The molecule has 0 aromatic heterocycles. The molecule has 0 aliphatic heterocycles. The first kappa shape index (κ1) is 21.0. The largest absolute Gasteiger partial charge is 0.0704 e. The minimum atomic E-state index is 0.830. The third-order valence-electron chi connectivity index (χ3n) is 7.94. The van der Waals surface area contributed by atoms with E-state index in [1.165, 1.54) is 44.9 Å². The summed E-state index contributed by atoms with van der Waals surface area (Å²) >= 11 is 0. The van der Waals surface area contributed by atoms with Gasteiger partial charge in [0.1, 0.15) is 0 Å². The Labute approximate surface area is 159 Å². The fourth-order valence-corrected chi connectivity index (χ4v) is 6.37. The molecule has 2 fully saturated rings. The molecule has 146 valence electrons. The van der Waals surface area contributed by atoms with Crippen LogP contribution in [0, 0.1) is 47.3 Å². The summed E-state index contributed by atoms with van der Waals surface area (Å²) in [6.45, 7) is 19.8. The van der Waals surface area contributed by atoms with Gasteiger partial charge in [-0.2, -0.15) is 0 Å². The summed E-state index contributed by atoms with van der Waals surface area (Å²) in [6.07, 6.45) is 9.96. The molecule has 0 nitrogen and oxygen atoms in total. The lowest BCUT2D eigenvalue weighted by Gasteiger charge is -2.43. The molecule has 0 heterocycles. The molecule has 0 N–H and O–H groups in total. The van der Waals surface area contributed by atoms with Gasteiger partial charge in [0.15, 0.2) is 0 Å². The van der Waals surface area contributed by atoms with Gasteiger partial charge in [-0.05, 0) is 86.4 Å². The maximum atomic E-state index is 2.54. The Morgan fingerprint density at radius 2 is 1.20 bits per heavy atom. The molecule has 6 unspecified atom stereocenters. The Morgan fingerprint density at radius 3 is 1.64 bits per heavy atom. The van der Waals surface area contributed by atoms with E-state index in [1.54, 1.807) is 0 Å². The van der Waals surface area contributed by atoms with Gasteiger partial charge in [0.25, 0.3) is 0 Å². The second-order valence-corrected chi connectivity index (χ2v) is 10.4. The smallest absolute Gasteiger partial charge is 0.0167 e. The Hall–Kier alpha value is -0.260. The average molecular weight is 347 g/mol. The van der Waals surface area contributed by atoms with Crippen LogP contribution in [0.2, 0.25) is 0 Å². The van der Waals surface area contributed by atoms with Crippen molar-refractivity contribution in [2.75, 3.05) is 0 Å². The third-order valence-corrected chi connectivity index (χ3v) is 7.94. The second-order valence-electron chi connectivity index (χ2n) is 10.4. The van der Waals surface area contributed by atoms with Gasteiger partial charge in [0.05, 0.1) is 0 Å². The van der Waals surface area contributed by atoms with Gasteiger partial charge < -0.3 is 0 Å². The molecule has 0 radical (unpaired) electrons. The molecule has 2 rings (SSSR count). The molecule has 2 aliphatic carbocycles. The highest BCUT2D eigenvalue weighted by Crippen LogP contribution is 2.48. The predicted octanol–water partition coefficient (Wildman–Crippen LogP) is 8.13. The van der Waals surface area contributed by atoms with Crippen molar-refractivity contribution in [2.45, 2.75) is 100 Å². The van der Waals surface area contributed by atoms with Crippen LogP contribution in [0.1, 0.15) is 100 Å². The molecule has 0 heteroatoms. The summed E-state index contributed by atoms with van der Waals surface area (Å²) in [5.41, 5.74) is 3.69. The summed E-state index contributed by atoms with van der Waals surface area (Å²) in [7, 11) is 0. The van der Waals surface area contributed by atoms with E-state index in [1.807, 2.05) is 11.1 Å². The van der Waals surface area contributed by atoms with E-state index in [9.17, 15) is 0 Å². The van der Waals surface area contributed by atoms with Crippen LogP contribution in [0.4, 0.5) is 0 Å². The van der Waals surface area contributed by atoms with Crippen molar-refractivity contribution in [3.63, 3.8) is 0 Å². The van der Waals surface area contributed by atoms with Crippen LogP contribution in [-0.2, 0) is 0 Å². The fourth-order valence-electron chi connectivity index (χ4n) is 6.37. The zero-order valence-electron chi connectivity index (χ0n) is 18.6. The molecule has 0 aromatic rings. The van der Waals surface area contributed by atoms with E-state index in [0.29, 0.717) is 0 Å². The minimum absolute atomic E-state index is 0.830. The maximum Gasteiger partial charge on any atom is -0.0167 e. The Morgan fingerprint density at radius 1 is 0.760 bits per heavy atom. The van der Waals surface area contributed by atoms with Gasteiger partial charge in [-0.25, -0.2) is 0 Å². The molecule has 6 atom stereocenters. The van der Waals surface area contributed by atoms with E-state index in [-0.39, 0.29) is 0 Å². The fraction of sp³-hybridized carbons (Fsp3) is 0.920. The van der Waals surface area contributed by atoms with Gasteiger partial charge in [0.2, 0.25) is 0 Å². The van der Waals surface area contributed by atoms with E-state index < -0.39 is 0 Å². The van der Waals surface area contributed by atoms with Crippen molar-refractivity contribution in [1.82, 2.24) is 0 Å². The quantitative estimate of drug-likeness (QED) is 0.441. The standard InChI is InChI=1S/C25H46/c1-9-21(25-15-19(7)11-13-23(25)17(4)5)20(8)24-14-18(6)10-12-22(24)16(2)3/h16-19,22-25H,9-15H2,1-8H3. The Balaban J connectivity index is 2.35. The van der Waals surface area contributed by atoms with E-state index in [4.69, 9.17) is 0 Å². The monoisotopic (exact) mass is 346 g/mol. The van der Waals surface area contributed by atoms with Crippen molar-refractivity contribution < 1.29 is 0 Å². The number of rotatable bonds is 5. The highest BCUT2D eigenvalue weighted by atomic mass is 14.4. The lowest BCUT2D eigenvalue weighted by atomic mass is 9.62. The average Bonchev–Trinajstić information content (AvgIpc) is 2.54. The molecule has 2 saturated carbocycles. The zero-order valence-corrected chi connectivity index (χ0v) is 18.6. The molecule has 0 amide bonds. The summed E-state index contributed by atoms with van der Waals surface area (Å²) < 4.78 is 0. The summed E-state index contributed by atoms with van der Waals surface area (Å²) in [6, 6.07) is 0. The molecule has 0 saturated heterocycles. The van der Waals surface area contributed by atoms with Crippen molar-refractivity contribution >= 4 is 0 Å². The van der Waals surface area contributed by atoms with E-state index >= 15 is 0 Å². The topological polar surface area (TPSA) is 0 Å². The van der Waals surface area contributed by atoms with Gasteiger partial charge in [-0.15, -0.1) is 0 Å². The molecule has 2 aliphatic rings. The van der Waals surface area contributed by atoms with Crippen LogP contribution in [0.25, 0.3) is 0 Å². The SMILES string of the molecule is CCC(=C(C)C1CC(C)CCC1C(C)C)C1CC(C)CCC1C(C)C. The highest BCUT2D eigenvalue weighted by Gasteiger charge is 2.37. The van der Waals surface area contributed by atoms with Crippen molar-refractivity contribution in [1.29, 1.82) is 0 Å². The van der Waals surface area contributed by atoms with Crippen molar-refractivity contribution in [3.05, 3.63) is 11.1 Å². The minimum Gasteiger partial charge on any atom is -0.0704 e. The van der Waals surface area contributed by atoms with Gasteiger partial charge in [-0.3, -0.25) is 0 Å². The third kappa shape index (κ3) is 4.92. The van der Waals surface area contributed by atoms with Crippen molar-refractivity contribution in [3.8, 4) is 0 Å². The van der Waals surface area contributed by atoms with Crippen LogP contribution in [0.3, 0.4) is 0 Å². The zero-order chi connectivity index (χ0) is 18.7. The summed E-state index contributed by atoms with van der Waals surface area (Å²) in [4.78, 5) is 0. The molecule has 0 bridgehead atoms. The van der Waals surface area contributed by atoms with Crippen molar-refractivity contribution in [2.24, 2.45) is 47.3 Å². The Bertz CT molecular complexity index is 441. The molecular formula is C25H46. The predicted molar refractivity (Wildman–Crippen MR) is 113 cm³/mol. The maximum absolute atomic E-state index is 2.54. The lowest BCUT2D eigenvalue weighted by molar-refractivity contribution is 0.152. The van der Waals surface area contributed by atoms with E-state index in [0.717, 1.165) is 47.3 Å². The van der Waals surface area contributed by atoms with Crippen LogP contribution in [0.5, 0.6) is 0 Å². The van der Waals surface area contributed by atoms with Crippen LogP contribution >= 0.6 is 0 Å². The molecule has 0 aromatic carbocycles. The van der Waals surface area contributed by atoms with Gasteiger partial charge in [0, 0.05) is 0 Å². The Kier molecular flexibility index (Phi) is 7.66. The lowest BCUT2D eigenvalue weighted by Crippen LogP contribution is -2.33. The first-order chi connectivity index (χ1) is 11.8. The number of hydrogen-bond donors (Lipinski definition) is 0. The number of allylic oxidation sites excluding steroid dienone is 2. The summed E-state index contributed by atoms with van der Waals surface area (Å²) in [5.74, 6) is 7.04. The van der Waals surface area contributed by atoms with Crippen LogP contribution in [-0.4, -0.2) is 0 Å². The van der Waals surface area contributed by atoms with E-state index in [2.05, 4.69) is 55.4 Å².